The van der Waals surface area contributed by atoms with Crippen molar-refractivity contribution in [3.05, 3.63) is 20.3 Å². The van der Waals surface area contributed by atoms with Crippen LogP contribution in [0.4, 0.5) is 0 Å². The number of halogens is 1. The van der Waals surface area contributed by atoms with Gasteiger partial charge >= 0.3 is 0 Å². The van der Waals surface area contributed by atoms with Crippen LogP contribution in [0.2, 0.25) is 0 Å². The summed E-state index contributed by atoms with van der Waals surface area (Å²) in [6.45, 7) is 4.19. The molecule has 0 radical (unpaired) electrons. The Hall–Kier alpha value is -0.430. The first-order chi connectivity index (χ1) is 8.60. The van der Waals surface area contributed by atoms with Gasteiger partial charge in [0.15, 0.2) is 0 Å². The van der Waals surface area contributed by atoms with E-state index in [-0.39, 0.29) is 5.91 Å². The molecule has 4 nitrogen and oxygen atoms in total. The second-order valence-corrected chi connectivity index (χ2v) is 6.22. The molecule has 0 aromatic carbocycles. The van der Waals surface area contributed by atoms with Crippen molar-refractivity contribution >= 4 is 33.2 Å². The third-order valence-corrected chi connectivity index (χ3v) is 4.61. The fraction of sp³-hybridized carbons (Fsp3) is 0.583. The van der Waals surface area contributed by atoms with Gasteiger partial charge in [0.2, 0.25) is 0 Å². The standard InChI is InChI=1S/C12H18BrNO3S/c1-9-8-10(18-11(9)13)12(15)14(4-6-16-2)5-7-17-3/h8H,4-7H2,1-3H3. The summed E-state index contributed by atoms with van der Waals surface area (Å²) in [5.41, 5.74) is 1.08. The number of aryl methyl sites for hydroxylation is 1. The zero-order valence-electron chi connectivity index (χ0n) is 10.9. The molecule has 1 amide bonds. The molecule has 0 saturated carbocycles. The number of rotatable bonds is 7. The molecule has 6 heteroatoms. The van der Waals surface area contributed by atoms with Crippen molar-refractivity contribution in [1.82, 2.24) is 4.90 Å². The predicted octanol–water partition coefficient (Wildman–Crippen LogP) is 2.55. The van der Waals surface area contributed by atoms with Crippen LogP contribution in [-0.2, 0) is 9.47 Å². The van der Waals surface area contributed by atoms with Gasteiger partial charge in [0.1, 0.15) is 0 Å². The smallest absolute Gasteiger partial charge is 0.264 e. The molecule has 0 aliphatic carbocycles. The predicted molar refractivity (Wildman–Crippen MR) is 76.4 cm³/mol. The van der Waals surface area contributed by atoms with Crippen LogP contribution in [0.15, 0.2) is 9.85 Å². The number of nitrogens with zero attached hydrogens (tertiary/aromatic N) is 1. The summed E-state index contributed by atoms with van der Waals surface area (Å²) in [5, 5.41) is 0. The number of ether oxygens (including phenoxy) is 2. The maximum absolute atomic E-state index is 12.3. The van der Waals surface area contributed by atoms with Gasteiger partial charge in [-0.3, -0.25) is 4.79 Å². The van der Waals surface area contributed by atoms with E-state index in [9.17, 15) is 4.79 Å². The van der Waals surface area contributed by atoms with Gasteiger partial charge in [0.25, 0.3) is 5.91 Å². The van der Waals surface area contributed by atoms with E-state index < -0.39 is 0 Å². The van der Waals surface area contributed by atoms with E-state index in [1.807, 2.05) is 13.0 Å². The fourth-order valence-corrected chi connectivity index (χ4v) is 2.94. The average Bonchev–Trinajstić information content (AvgIpc) is 2.69. The fourth-order valence-electron chi connectivity index (χ4n) is 1.44. The lowest BCUT2D eigenvalue weighted by Crippen LogP contribution is -2.36. The van der Waals surface area contributed by atoms with Crippen LogP contribution in [0.25, 0.3) is 0 Å². The van der Waals surface area contributed by atoms with Gasteiger partial charge in [-0.1, -0.05) is 0 Å². The lowest BCUT2D eigenvalue weighted by atomic mass is 10.3. The molecule has 0 atom stereocenters. The maximum atomic E-state index is 12.3. The minimum Gasteiger partial charge on any atom is -0.383 e. The van der Waals surface area contributed by atoms with Crippen molar-refractivity contribution in [1.29, 1.82) is 0 Å². The number of hydrogen-bond acceptors (Lipinski definition) is 4. The van der Waals surface area contributed by atoms with Crippen molar-refractivity contribution in [3.63, 3.8) is 0 Å². The van der Waals surface area contributed by atoms with Crippen molar-refractivity contribution in [2.45, 2.75) is 6.92 Å². The third-order valence-electron chi connectivity index (χ3n) is 2.49. The number of methoxy groups -OCH3 is 2. The van der Waals surface area contributed by atoms with Crippen molar-refractivity contribution < 1.29 is 14.3 Å². The molecule has 0 unspecified atom stereocenters. The summed E-state index contributed by atoms with van der Waals surface area (Å²) in [6.07, 6.45) is 0. The van der Waals surface area contributed by atoms with Crippen molar-refractivity contribution in [2.24, 2.45) is 0 Å². The van der Waals surface area contributed by atoms with Crippen LogP contribution in [0.3, 0.4) is 0 Å². The van der Waals surface area contributed by atoms with Crippen LogP contribution in [0.5, 0.6) is 0 Å². The normalized spacial score (nSPS) is 10.7. The number of carbonyl (C=O) groups is 1. The Morgan fingerprint density at radius 3 is 2.28 bits per heavy atom. The van der Waals surface area contributed by atoms with Gasteiger partial charge in [-0.25, -0.2) is 0 Å². The Kier molecular flexibility index (Phi) is 6.85. The monoisotopic (exact) mass is 335 g/mol. The van der Waals surface area contributed by atoms with E-state index in [4.69, 9.17) is 9.47 Å². The Morgan fingerprint density at radius 2 is 1.89 bits per heavy atom. The van der Waals surface area contributed by atoms with Crippen LogP contribution in [0.1, 0.15) is 15.2 Å². The Bertz CT molecular complexity index is 367. The molecular weight excluding hydrogens is 318 g/mol. The SMILES string of the molecule is COCCN(CCOC)C(=O)c1cc(C)c(Br)s1. The number of amides is 1. The highest BCUT2D eigenvalue weighted by molar-refractivity contribution is 9.11. The van der Waals surface area contributed by atoms with Crippen LogP contribution in [-0.4, -0.2) is 51.3 Å². The number of thiophene rings is 1. The Balaban J connectivity index is 2.73. The van der Waals surface area contributed by atoms with Gasteiger partial charge in [0.05, 0.1) is 21.9 Å². The summed E-state index contributed by atoms with van der Waals surface area (Å²) in [7, 11) is 3.26. The quantitative estimate of drug-likeness (QED) is 0.768. The van der Waals surface area contributed by atoms with E-state index in [0.717, 1.165) is 14.2 Å². The lowest BCUT2D eigenvalue weighted by Gasteiger charge is -2.21. The molecule has 0 fully saturated rings. The molecule has 0 spiro atoms. The summed E-state index contributed by atoms with van der Waals surface area (Å²) in [4.78, 5) is 14.8. The minimum atomic E-state index is 0.0305. The first-order valence-corrected chi connectivity index (χ1v) is 7.24. The van der Waals surface area contributed by atoms with Crippen LogP contribution in [0, 0.1) is 6.92 Å². The van der Waals surface area contributed by atoms with Gasteiger partial charge in [-0.2, -0.15) is 0 Å². The summed E-state index contributed by atoms with van der Waals surface area (Å²) in [6, 6.07) is 1.91. The molecule has 1 heterocycles. The average molecular weight is 336 g/mol. The molecule has 0 bridgehead atoms. The molecule has 0 saturated heterocycles. The molecule has 18 heavy (non-hydrogen) atoms. The number of hydrogen-bond donors (Lipinski definition) is 0. The van der Waals surface area contributed by atoms with Gasteiger partial charge in [0, 0.05) is 27.3 Å². The summed E-state index contributed by atoms with van der Waals surface area (Å²) >= 11 is 4.90. The first-order valence-electron chi connectivity index (χ1n) is 5.63. The van der Waals surface area contributed by atoms with Gasteiger partial charge in [-0.15, -0.1) is 11.3 Å². The zero-order chi connectivity index (χ0) is 13.5. The van der Waals surface area contributed by atoms with Crippen molar-refractivity contribution in [3.8, 4) is 0 Å². The van der Waals surface area contributed by atoms with Gasteiger partial charge in [-0.05, 0) is 34.5 Å². The third kappa shape index (κ3) is 4.35. The van der Waals surface area contributed by atoms with Gasteiger partial charge < -0.3 is 14.4 Å². The van der Waals surface area contributed by atoms with E-state index in [2.05, 4.69) is 15.9 Å². The molecule has 1 aromatic rings. The highest BCUT2D eigenvalue weighted by Crippen LogP contribution is 2.28. The maximum Gasteiger partial charge on any atom is 0.264 e. The van der Waals surface area contributed by atoms with Crippen molar-refractivity contribution in [2.75, 3.05) is 40.5 Å². The summed E-state index contributed by atoms with van der Waals surface area (Å²) in [5.74, 6) is 0.0305. The molecule has 0 N–H and O–H groups in total. The van der Waals surface area contributed by atoms with E-state index in [1.165, 1.54) is 11.3 Å². The van der Waals surface area contributed by atoms with Crippen LogP contribution >= 0.6 is 27.3 Å². The highest BCUT2D eigenvalue weighted by atomic mass is 79.9. The Labute approximate surface area is 120 Å². The van der Waals surface area contributed by atoms with E-state index >= 15 is 0 Å². The second kappa shape index (κ2) is 7.89. The number of carbonyl (C=O) groups excluding carboxylic acids is 1. The molecule has 1 rings (SSSR count). The highest BCUT2D eigenvalue weighted by Gasteiger charge is 2.18. The van der Waals surface area contributed by atoms with E-state index in [1.54, 1.807) is 19.1 Å². The lowest BCUT2D eigenvalue weighted by molar-refractivity contribution is 0.0632. The largest absolute Gasteiger partial charge is 0.383 e. The molecule has 102 valence electrons. The summed E-state index contributed by atoms with van der Waals surface area (Å²) < 4.78 is 11.1. The van der Waals surface area contributed by atoms with E-state index in [0.29, 0.717) is 26.3 Å². The molecular formula is C12H18BrNO3S. The topological polar surface area (TPSA) is 38.8 Å². The molecule has 0 aliphatic rings. The van der Waals surface area contributed by atoms with Crippen LogP contribution < -0.4 is 0 Å². The second-order valence-electron chi connectivity index (χ2n) is 3.85. The minimum absolute atomic E-state index is 0.0305. The zero-order valence-corrected chi connectivity index (χ0v) is 13.3. The Morgan fingerprint density at radius 1 is 1.33 bits per heavy atom. The molecule has 0 aliphatic heterocycles. The molecule has 1 aromatic heterocycles. The first kappa shape index (κ1) is 15.6.